The van der Waals surface area contributed by atoms with E-state index in [0.717, 1.165) is 5.56 Å². The molecule has 0 unspecified atom stereocenters. The molecule has 10 heteroatoms. The molecular weight excluding hydrogens is 487 g/mol. The van der Waals surface area contributed by atoms with Gasteiger partial charge in [-0.05, 0) is 62.9 Å². The van der Waals surface area contributed by atoms with Crippen LogP contribution in [0.1, 0.15) is 43.2 Å². The highest BCUT2D eigenvalue weighted by Gasteiger charge is 2.38. The summed E-state index contributed by atoms with van der Waals surface area (Å²) in [7, 11) is 0. The van der Waals surface area contributed by atoms with Crippen LogP contribution in [0.2, 0.25) is 5.02 Å². The molecule has 0 aliphatic carbocycles. The molecule has 0 spiro atoms. The normalized spacial score (nSPS) is 13.6. The quantitative estimate of drug-likeness (QED) is 0.341. The van der Waals surface area contributed by atoms with E-state index in [2.05, 4.69) is 20.7 Å². The minimum absolute atomic E-state index is 0.134. The van der Waals surface area contributed by atoms with Crippen molar-refractivity contribution >= 4 is 23.5 Å². The van der Waals surface area contributed by atoms with Crippen molar-refractivity contribution in [3.05, 3.63) is 70.8 Å². The minimum atomic E-state index is -0.988. The first-order valence-electron chi connectivity index (χ1n) is 11.7. The molecule has 1 aromatic heterocycles. The van der Waals surface area contributed by atoms with Gasteiger partial charge in [0.15, 0.2) is 5.69 Å². The van der Waals surface area contributed by atoms with E-state index in [0.29, 0.717) is 29.2 Å². The number of hydrogen-bond donors (Lipinski definition) is 2. The number of aromatic amines is 1. The fraction of sp³-hybridized carbons (Fsp3) is 0.385. The van der Waals surface area contributed by atoms with E-state index in [1.54, 1.807) is 32.0 Å². The molecule has 8 nitrogen and oxygen atoms in total. The van der Waals surface area contributed by atoms with Gasteiger partial charge in [0.2, 0.25) is 0 Å². The maximum absolute atomic E-state index is 14.3. The third-order valence-corrected chi connectivity index (χ3v) is 5.99. The number of hydrogen-bond acceptors (Lipinski definition) is 6. The number of nitrogens with zero attached hydrogens (tertiary/aromatic N) is 2. The number of carbonyl (C=O) groups is 2. The first-order valence-corrected chi connectivity index (χ1v) is 12.1. The Morgan fingerprint density at radius 1 is 1.17 bits per heavy atom. The summed E-state index contributed by atoms with van der Waals surface area (Å²) >= 11 is 6.04. The van der Waals surface area contributed by atoms with Gasteiger partial charge in [-0.2, -0.15) is 0 Å². The predicted molar refractivity (Wildman–Crippen MR) is 134 cm³/mol. The van der Waals surface area contributed by atoms with E-state index in [-0.39, 0.29) is 31.1 Å². The number of esters is 1. The minimum Gasteiger partial charge on any atom is -0.466 e. The summed E-state index contributed by atoms with van der Waals surface area (Å²) in [6.07, 6.45) is 2.06. The third-order valence-electron chi connectivity index (χ3n) is 5.75. The molecule has 3 rings (SSSR count). The summed E-state index contributed by atoms with van der Waals surface area (Å²) in [5.74, 6) is -1.19. The zero-order chi connectivity index (χ0) is 26.1. The van der Waals surface area contributed by atoms with E-state index in [9.17, 15) is 14.0 Å². The fourth-order valence-electron chi connectivity index (χ4n) is 3.95. The molecule has 1 heterocycles. The van der Waals surface area contributed by atoms with Gasteiger partial charge in [0.1, 0.15) is 5.82 Å². The monoisotopic (exact) mass is 516 g/mol. The summed E-state index contributed by atoms with van der Waals surface area (Å²) in [6, 6.07) is 11.2. The molecule has 0 fully saturated rings. The SMILES string of the molecule is CCOC[C@](C)(C[C@@H](Cc1ccc(-c2cc(Cl)ccc2F)cc1)NC(=O)c1c[nH]nn1)C(=O)OCC. The van der Waals surface area contributed by atoms with Gasteiger partial charge in [-0.3, -0.25) is 14.7 Å². The standard InChI is InChI=1S/C26H30ClFN4O4/c1-4-35-16-26(3,25(34)36-5-2)14-20(30-24(33)23-15-29-32-31-23)12-17-6-8-18(9-7-17)21-13-19(27)10-11-22(21)28/h6-11,13,15,20H,4-5,12,14,16H2,1-3H3,(H,30,33)(H,29,31,32)/t20-,26+/m1/s1. The molecule has 192 valence electrons. The number of benzene rings is 2. The molecule has 2 aromatic carbocycles. The number of carbonyl (C=O) groups excluding carboxylic acids is 2. The molecule has 3 aromatic rings. The summed E-state index contributed by atoms with van der Waals surface area (Å²) < 4.78 is 25.2. The molecule has 0 saturated carbocycles. The zero-order valence-corrected chi connectivity index (χ0v) is 21.3. The summed E-state index contributed by atoms with van der Waals surface area (Å²) in [4.78, 5) is 25.6. The molecule has 2 N–H and O–H groups in total. The van der Waals surface area contributed by atoms with Crippen molar-refractivity contribution in [1.29, 1.82) is 0 Å². The molecule has 36 heavy (non-hydrogen) atoms. The van der Waals surface area contributed by atoms with Crippen LogP contribution in [0, 0.1) is 11.2 Å². The van der Waals surface area contributed by atoms with Crippen LogP contribution in [0.15, 0.2) is 48.7 Å². The third kappa shape index (κ3) is 7.11. The fourth-order valence-corrected chi connectivity index (χ4v) is 4.12. The molecule has 0 bridgehead atoms. The lowest BCUT2D eigenvalue weighted by atomic mass is 9.82. The molecule has 0 aliphatic heterocycles. The van der Waals surface area contributed by atoms with Crippen LogP contribution >= 0.6 is 11.6 Å². The van der Waals surface area contributed by atoms with Crippen molar-refractivity contribution < 1.29 is 23.5 Å². The first-order chi connectivity index (χ1) is 17.3. The lowest BCUT2D eigenvalue weighted by molar-refractivity contribution is -0.159. The highest BCUT2D eigenvalue weighted by Crippen LogP contribution is 2.29. The molecule has 0 aliphatic rings. The predicted octanol–water partition coefficient (Wildman–Crippen LogP) is 4.60. The van der Waals surface area contributed by atoms with E-state index >= 15 is 0 Å². The molecular formula is C26H30ClFN4O4. The van der Waals surface area contributed by atoms with Crippen LogP contribution in [-0.4, -0.2) is 53.1 Å². The van der Waals surface area contributed by atoms with Gasteiger partial charge < -0.3 is 14.8 Å². The van der Waals surface area contributed by atoms with Gasteiger partial charge in [0, 0.05) is 23.2 Å². The number of aromatic nitrogens is 3. The Balaban J connectivity index is 1.85. The number of H-pyrrole nitrogens is 1. The summed E-state index contributed by atoms with van der Waals surface area (Å²) in [5.41, 5.74) is 1.10. The van der Waals surface area contributed by atoms with Crippen LogP contribution in [0.5, 0.6) is 0 Å². The number of rotatable bonds is 12. The second-order valence-corrected chi connectivity index (χ2v) is 9.11. The molecule has 0 saturated heterocycles. The van der Waals surface area contributed by atoms with Crippen LogP contribution in [0.4, 0.5) is 4.39 Å². The lowest BCUT2D eigenvalue weighted by Gasteiger charge is -2.31. The Bertz CT molecular complexity index is 1160. The smallest absolute Gasteiger partial charge is 0.314 e. The zero-order valence-electron chi connectivity index (χ0n) is 20.5. The van der Waals surface area contributed by atoms with Gasteiger partial charge in [-0.15, -0.1) is 5.10 Å². The van der Waals surface area contributed by atoms with Crippen molar-refractivity contribution in [2.75, 3.05) is 19.8 Å². The van der Waals surface area contributed by atoms with Crippen molar-refractivity contribution in [1.82, 2.24) is 20.7 Å². The summed E-state index contributed by atoms with van der Waals surface area (Å²) in [6.45, 7) is 6.17. The van der Waals surface area contributed by atoms with Crippen molar-refractivity contribution in [3.8, 4) is 11.1 Å². The maximum atomic E-state index is 14.3. The van der Waals surface area contributed by atoms with Gasteiger partial charge in [-0.1, -0.05) is 41.1 Å². The molecule has 0 radical (unpaired) electrons. The Kier molecular flexibility index (Phi) is 9.55. The number of nitrogens with one attached hydrogen (secondary N) is 2. The average Bonchev–Trinajstić information content (AvgIpc) is 3.40. The van der Waals surface area contributed by atoms with Crippen molar-refractivity contribution in [2.24, 2.45) is 5.41 Å². The van der Waals surface area contributed by atoms with Crippen LogP contribution < -0.4 is 5.32 Å². The van der Waals surface area contributed by atoms with Crippen LogP contribution in [0.3, 0.4) is 0 Å². The van der Waals surface area contributed by atoms with E-state index in [4.69, 9.17) is 21.1 Å². The van der Waals surface area contributed by atoms with E-state index < -0.39 is 23.3 Å². The lowest BCUT2D eigenvalue weighted by Crippen LogP contribution is -2.45. The van der Waals surface area contributed by atoms with Crippen LogP contribution in [-0.2, 0) is 20.7 Å². The van der Waals surface area contributed by atoms with Gasteiger partial charge in [0.25, 0.3) is 5.91 Å². The van der Waals surface area contributed by atoms with E-state index in [1.807, 2.05) is 19.1 Å². The first kappa shape index (κ1) is 27.3. The second-order valence-electron chi connectivity index (χ2n) is 8.68. The highest BCUT2D eigenvalue weighted by molar-refractivity contribution is 6.30. The second kappa shape index (κ2) is 12.6. The van der Waals surface area contributed by atoms with Crippen molar-refractivity contribution in [3.63, 3.8) is 0 Å². The Morgan fingerprint density at radius 3 is 2.56 bits per heavy atom. The number of ether oxygens (including phenoxy) is 2. The number of halogens is 2. The Morgan fingerprint density at radius 2 is 1.92 bits per heavy atom. The van der Waals surface area contributed by atoms with Gasteiger partial charge >= 0.3 is 5.97 Å². The van der Waals surface area contributed by atoms with Crippen molar-refractivity contribution in [2.45, 2.75) is 39.7 Å². The number of amides is 1. The Labute approximate surface area is 214 Å². The Hall–Kier alpha value is -3.30. The van der Waals surface area contributed by atoms with Gasteiger partial charge in [0.05, 0.1) is 24.8 Å². The molecule has 2 atom stereocenters. The van der Waals surface area contributed by atoms with Crippen LogP contribution in [0.25, 0.3) is 11.1 Å². The van der Waals surface area contributed by atoms with E-state index in [1.165, 1.54) is 18.3 Å². The molecule has 1 amide bonds. The topological polar surface area (TPSA) is 106 Å². The largest absolute Gasteiger partial charge is 0.466 e. The summed E-state index contributed by atoms with van der Waals surface area (Å²) in [5, 5.41) is 13.3. The maximum Gasteiger partial charge on any atom is 0.314 e. The van der Waals surface area contributed by atoms with Gasteiger partial charge in [-0.25, -0.2) is 4.39 Å². The average molecular weight is 517 g/mol. The highest BCUT2D eigenvalue weighted by atomic mass is 35.5.